The molecule has 41 heavy (non-hydrogen) atoms. The summed E-state index contributed by atoms with van der Waals surface area (Å²) in [6.07, 6.45) is 3.68. The summed E-state index contributed by atoms with van der Waals surface area (Å²) in [5.41, 5.74) is 0.829. The number of hydrogen-bond acceptors (Lipinski definition) is 8. The summed E-state index contributed by atoms with van der Waals surface area (Å²) >= 11 is 0. The normalized spacial score (nSPS) is 12.1. The van der Waals surface area contributed by atoms with Crippen LogP contribution in [0.1, 0.15) is 41.9 Å². The number of carbonyl (C=O) groups is 1. The Morgan fingerprint density at radius 1 is 1.20 bits per heavy atom. The number of halogens is 1. The molecule has 0 fully saturated rings. The van der Waals surface area contributed by atoms with Crippen LogP contribution in [0, 0.1) is 22.9 Å². The monoisotopic (exact) mass is 582 g/mol. The van der Waals surface area contributed by atoms with Gasteiger partial charge >= 0.3 is 0 Å². The number of benzene rings is 2. The maximum absolute atomic E-state index is 13.7. The second-order valence-corrected chi connectivity index (χ2v) is 10.8. The van der Waals surface area contributed by atoms with E-state index in [0.717, 1.165) is 23.8 Å². The molecule has 12 nitrogen and oxygen atoms in total. The quantitative estimate of drug-likeness (QED) is 0.194. The van der Waals surface area contributed by atoms with Crippen LogP contribution in [0.3, 0.4) is 0 Å². The molecule has 2 heterocycles. The van der Waals surface area contributed by atoms with Gasteiger partial charge in [0.15, 0.2) is 5.69 Å². The average molecular weight is 583 g/mol. The van der Waals surface area contributed by atoms with Gasteiger partial charge in [0.05, 0.1) is 10.6 Å². The zero-order valence-corrected chi connectivity index (χ0v) is 23.2. The second-order valence-electron chi connectivity index (χ2n) is 9.13. The molecule has 0 saturated carbocycles. The smallest absolute Gasteiger partial charge is 0.272 e. The molecule has 0 aliphatic carbocycles. The third-order valence-corrected chi connectivity index (χ3v) is 7.74. The number of non-ortho nitro benzene ring substituents is 1. The molecule has 1 amide bonds. The first kappa shape index (κ1) is 29.3. The minimum absolute atomic E-state index is 0.0303. The van der Waals surface area contributed by atoms with Crippen molar-refractivity contribution < 1.29 is 27.3 Å². The van der Waals surface area contributed by atoms with Gasteiger partial charge in [-0.15, -0.1) is 0 Å². The van der Waals surface area contributed by atoms with Gasteiger partial charge < -0.3 is 10.1 Å². The molecule has 0 aliphatic rings. The molecule has 4 rings (SSSR count). The van der Waals surface area contributed by atoms with E-state index in [9.17, 15) is 27.7 Å². The van der Waals surface area contributed by atoms with Gasteiger partial charge in [-0.3, -0.25) is 19.9 Å². The lowest BCUT2D eigenvalue weighted by Crippen LogP contribution is -2.32. The highest BCUT2D eigenvalue weighted by atomic mass is 32.2. The van der Waals surface area contributed by atoms with Crippen LogP contribution < -0.4 is 14.8 Å². The minimum atomic E-state index is -4.27. The summed E-state index contributed by atoms with van der Waals surface area (Å²) in [6.45, 7) is 5.15. The van der Waals surface area contributed by atoms with Crippen LogP contribution in [0.5, 0.6) is 11.6 Å². The van der Waals surface area contributed by atoms with Gasteiger partial charge in [-0.25, -0.2) is 17.5 Å². The largest absolute Gasteiger partial charge is 0.437 e. The van der Waals surface area contributed by atoms with Crippen molar-refractivity contribution in [2.24, 2.45) is 0 Å². The van der Waals surface area contributed by atoms with E-state index >= 15 is 0 Å². The number of rotatable bonds is 11. The molecular weight excluding hydrogens is 555 g/mol. The van der Waals surface area contributed by atoms with Gasteiger partial charge in [-0.1, -0.05) is 13.0 Å². The second kappa shape index (κ2) is 12.2. The van der Waals surface area contributed by atoms with Crippen LogP contribution in [0.25, 0.3) is 5.69 Å². The number of ether oxygens (including phenoxy) is 1. The van der Waals surface area contributed by atoms with E-state index in [1.54, 1.807) is 45.3 Å². The Morgan fingerprint density at radius 3 is 2.56 bits per heavy atom. The van der Waals surface area contributed by atoms with Crippen molar-refractivity contribution in [1.82, 2.24) is 24.8 Å². The lowest BCUT2D eigenvalue weighted by atomic mass is 10.2. The summed E-state index contributed by atoms with van der Waals surface area (Å²) in [5, 5.41) is 18.6. The van der Waals surface area contributed by atoms with Crippen LogP contribution in [0.4, 0.5) is 10.1 Å². The van der Waals surface area contributed by atoms with E-state index in [2.05, 4.69) is 20.1 Å². The Morgan fingerprint density at radius 2 is 1.93 bits per heavy atom. The van der Waals surface area contributed by atoms with Crippen LogP contribution in [0.15, 0.2) is 71.9 Å². The lowest BCUT2D eigenvalue weighted by molar-refractivity contribution is -0.385. The highest BCUT2D eigenvalue weighted by Crippen LogP contribution is 2.36. The van der Waals surface area contributed by atoms with Gasteiger partial charge in [0, 0.05) is 42.7 Å². The Bertz CT molecular complexity index is 1680. The van der Waals surface area contributed by atoms with E-state index in [-0.39, 0.29) is 29.4 Å². The molecule has 14 heteroatoms. The zero-order valence-electron chi connectivity index (χ0n) is 22.4. The summed E-state index contributed by atoms with van der Waals surface area (Å²) in [5.74, 6) is -1.33. The number of pyridine rings is 1. The summed E-state index contributed by atoms with van der Waals surface area (Å²) in [6, 6.07) is 11.4. The van der Waals surface area contributed by atoms with E-state index in [1.165, 1.54) is 28.9 Å². The molecule has 214 valence electrons. The molecule has 4 aromatic rings. The number of aromatic nitrogens is 3. The molecule has 2 aromatic carbocycles. The van der Waals surface area contributed by atoms with Crippen LogP contribution in [-0.4, -0.2) is 40.1 Å². The molecule has 2 aromatic heterocycles. The molecule has 0 bridgehead atoms. The minimum Gasteiger partial charge on any atom is -0.437 e. The molecule has 0 aliphatic heterocycles. The Hall–Kier alpha value is -4.69. The van der Waals surface area contributed by atoms with Crippen molar-refractivity contribution in [3.05, 3.63) is 99.7 Å². The highest BCUT2D eigenvalue weighted by molar-refractivity contribution is 7.89. The van der Waals surface area contributed by atoms with E-state index in [1.807, 2.05) is 0 Å². The maximum Gasteiger partial charge on any atom is 0.272 e. The molecular formula is C27H27FN6O6S. The Labute approximate surface area is 235 Å². The zero-order chi connectivity index (χ0) is 29.7. The fraction of sp³-hybridized carbons (Fsp3) is 0.222. The number of sulfonamides is 1. The summed E-state index contributed by atoms with van der Waals surface area (Å²) < 4.78 is 50.0. The molecule has 2 N–H and O–H groups in total. The average Bonchev–Trinajstić information content (AvgIpc) is 3.28. The van der Waals surface area contributed by atoms with Crippen LogP contribution >= 0.6 is 0 Å². The third kappa shape index (κ3) is 6.73. The van der Waals surface area contributed by atoms with Crippen molar-refractivity contribution in [3.8, 4) is 17.3 Å². The van der Waals surface area contributed by atoms with Gasteiger partial charge in [0.1, 0.15) is 16.5 Å². The summed E-state index contributed by atoms with van der Waals surface area (Å²) in [4.78, 5) is 27.4. The number of carbonyl (C=O) groups excluding carboxylic acids is 1. The number of nitrogens with one attached hydrogen (secondary N) is 2. The highest BCUT2D eigenvalue weighted by Gasteiger charge is 2.28. The van der Waals surface area contributed by atoms with E-state index in [4.69, 9.17) is 4.74 Å². The predicted molar refractivity (Wildman–Crippen MR) is 147 cm³/mol. The number of nitro groups is 1. The van der Waals surface area contributed by atoms with Crippen LogP contribution in [-0.2, 0) is 16.6 Å². The number of nitrogens with zero attached hydrogens (tertiary/aromatic N) is 4. The Kier molecular flexibility index (Phi) is 8.74. The van der Waals surface area contributed by atoms with Crippen molar-refractivity contribution in [2.75, 3.05) is 0 Å². The molecule has 0 unspecified atom stereocenters. The van der Waals surface area contributed by atoms with E-state index in [0.29, 0.717) is 12.1 Å². The third-order valence-electron chi connectivity index (χ3n) is 6.13. The molecule has 1 atom stereocenters. The Balaban J connectivity index is 1.80. The molecule has 0 radical (unpaired) electrons. The van der Waals surface area contributed by atoms with Crippen molar-refractivity contribution in [2.45, 2.75) is 44.7 Å². The first-order chi connectivity index (χ1) is 19.5. The molecule has 0 saturated heterocycles. The summed E-state index contributed by atoms with van der Waals surface area (Å²) in [7, 11) is -4.27. The molecule has 0 spiro atoms. The van der Waals surface area contributed by atoms with Crippen molar-refractivity contribution in [1.29, 1.82) is 0 Å². The van der Waals surface area contributed by atoms with Gasteiger partial charge in [-0.05, 0) is 62.2 Å². The van der Waals surface area contributed by atoms with Crippen LogP contribution in [0.2, 0.25) is 0 Å². The lowest BCUT2D eigenvalue weighted by Gasteiger charge is -2.16. The van der Waals surface area contributed by atoms with Crippen molar-refractivity contribution >= 4 is 21.6 Å². The maximum atomic E-state index is 13.7. The topological polar surface area (TPSA) is 158 Å². The van der Waals surface area contributed by atoms with Crippen molar-refractivity contribution in [3.63, 3.8) is 0 Å². The fourth-order valence-corrected chi connectivity index (χ4v) is 5.24. The standard InChI is InChI=1S/C27H27FN6O6S/c1-4-17(2)32-41(38,39)24-14-22(34(36)37)11-12-23(24)40-27-18(3)25(26(35)30-16-19-6-5-13-29-15-19)31-33(27)21-9-7-20(28)8-10-21/h5-15,17,32H,4,16H2,1-3H3,(H,30,35)/t17-/m1/s1. The number of amides is 1. The number of nitro benzene ring substituents is 1. The van der Waals surface area contributed by atoms with Gasteiger partial charge in [-0.2, -0.15) is 9.78 Å². The number of hydrogen-bond donors (Lipinski definition) is 2. The first-order valence-electron chi connectivity index (χ1n) is 12.5. The van der Waals surface area contributed by atoms with E-state index < -0.39 is 43.3 Å². The van der Waals surface area contributed by atoms with Gasteiger partial charge in [0.2, 0.25) is 15.9 Å². The van der Waals surface area contributed by atoms with Gasteiger partial charge in [0.25, 0.3) is 11.6 Å². The fourth-order valence-electron chi connectivity index (χ4n) is 3.76. The predicted octanol–water partition coefficient (Wildman–Crippen LogP) is 4.42. The first-order valence-corrected chi connectivity index (χ1v) is 14.0. The SMILES string of the molecule is CC[C@@H](C)NS(=O)(=O)c1cc([N+](=O)[O-])ccc1Oc1c(C)c(C(=O)NCc2cccnc2)nn1-c1ccc(F)cc1.